The molecule has 0 aliphatic heterocycles. The summed E-state index contributed by atoms with van der Waals surface area (Å²) in [4.78, 5) is 22.3. The molecule has 1 rings (SSSR count). The lowest BCUT2D eigenvalue weighted by Crippen LogP contribution is -2.26. The predicted molar refractivity (Wildman–Crippen MR) is 85.1 cm³/mol. The average Bonchev–Trinajstić information content (AvgIpc) is 2.47. The van der Waals surface area contributed by atoms with E-state index in [0.717, 1.165) is 31.1 Å². The highest BCUT2D eigenvalue weighted by Gasteiger charge is 2.28. The number of benzene rings is 1. The second-order valence-electron chi connectivity index (χ2n) is 5.68. The van der Waals surface area contributed by atoms with E-state index in [4.69, 9.17) is 4.74 Å². The van der Waals surface area contributed by atoms with Crippen LogP contribution in [0.1, 0.15) is 56.0 Å². The predicted octanol–water partition coefficient (Wildman–Crippen LogP) is 4.27. The summed E-state index contributed by atoms with van der Waals surface area (Å²) in [6.07, 6.45) is 7.63. The van der Waals surface area contributed by atoms with Crippen molar-refractivity contribution in [2.45, 2.75) is 40.0 Å². The van der Waals surface area contributed by atoms with E-state index in [1.807, 2.05) is 39.0 Å². The number of allylic oxidation sites excluding steroid dienone is 1. The summed E-state index contributed by atoms with van der Waals surface area (Å²) < 4.78 is 5.07. The smallest absolute Gasteiger partial charge is 0.311 e. The lowest BCUT2D eigenvalue weighted by Gasteiger charge is -2.21. The van der Waals surface area contributed by atoms with Crippen molar-refractivity contribution in [2.75, 3.05) is 6.61 Å². The fraction of sp³-hybridized carbons (Fsp3) is 0.444. The largest absolute Gasteiger partial charge is 0.466 e. The Hall–Kier alpha value is -1.90. The molecule has 0 spiro atoms. The maximum Gasteiger partial charge on any atom is 0.311 e. The first-order valence-corrected chi connectivity index (χ1v) is 7.38. The number of rotatable bonds is 8. The van der Waals surface area contributed by atoms with E-state index in [-0.39, 0.29) is 5.97 Å². The highest BCUT2D eigenvalue weighted by atomic mass is 16.5. The number of ether oxygens (including phenoxy) is 1. The minimum Gasteiger partial charge on any atom is -0.466 e. The van der Waals surface area contributed by atoms with Gasteiger partial charge in [-0.25, -0.2) is 0 Å². The van der Waals surface area contributed by atoms with Crippen molar-refractivity contribution in [3.63, 3.8) is 0 Å². The van der Waals surface area contributed by atoms with Crippen LogP contribution in [0.4, 0.5) is 0 Å². The summed E-state index contributed by atoms with van der Waals surface area (Å²) in [7, 11) is 0. The molecule has 0 aliphatic carbocycles. The maximum absolute atomic E-state index is 11.7. The Balaban J connectivity index is 2.37. The van der Waals surface area contributed by atoms with E-state index in [1.165, 1.54) is 0 Å². The number of esters is 1. The Morgan fingerprint density at radius 2 is 1.81 bits per heavy atom. The Morgan fingerprint density at radius 1 is 1.19 bits per heavy atom. The molecule has 0 saturated heterocycles. The van der Waals surface area contributed by atoms with Crippen molar-refractivity contribution < 1.29 is 14.3 Å². The molecule has 0 unspecified atom stereocenters. The molecule has 0 atom stereocenters. The lowest BCUT2D eigenvalue weighted by molar-refractivity contribution is -0.153. The van der Waals surface area contributed by atoms with Crippen LogP contribution >= 0.6 is 0 Å². The summed E-state index contributed by atoms with van der Waals surface area (Å²) >= 11 is 0. The lowest BCUT2D eigenvalue weighted by atomic mass is 9.87. The van der Waals surface area contributed by atoms with Gasteiger partial charge >= 0.3 is 5.97 Å². The van der Waals surface area contributed by atoms with Crippen molar-refractivity contribution in [3.05, 3.63) is 41.5 Å². The van der Waals surface area contributed by atoms with Gasteiger partial charge in [-0.05, 0) is 45.6 Å². The van der Waals surface area contributed by atoms with Crippen molar-refractivity contribution in [3.8, 4) is 0 Å². The van der Waals surface area contributed by atoms with Crippen LogP contribution in [0, 0.1) is 5.41 Å². The SMILES string of the molecule is CCOC(=O)C(C)(C)CCC/C=C/c1ccc(C=O)cc1. The quantitative estimate of drug-likeness (QED) is 0.407. The van der Waals surface area contributed by atoms with Gasteiger partial charge in [-0.2, -0.15) is 0 Å². The zero-order valence-corrected chi connectivity index (χ0v) is 13.1. The summed E-state index contributed by atoms with van der Waals surface area (Å²) in [5, 5.41) is 0. The van der Waals surface area contributed by atoms with Gasteiger partial charge in [-0.1, -0.05) is 36.4 Å². The second kappa shape index (κ2) is 8.40. The van der Waals surface area contributed by atoms with Crippen molar-refractivity contribution in [2.24, 2.45) is 5.41 Å². The Bertz CT molecular complexity index is 484. The molecule has 0 radical (unpaired) electrons. The summed E-state index contributed by atoms with van der Waals surface area (Å²) in [6.45, 7) is 6.10. The molecule has 0 N–H and O–H groups in total. The first-order valence-electron chi connectivity index (χ1n) is 7.38. The van der Waals surface area contributed by atoms with E-state index < -0.39 is 5.41 Å². The normalized spacial score (nSPS) is 11.6. The van der Waals surface area contributed by atoms with Gasteiger partial charge in [0.25, 0.3) is 0 Å². The van der Waals surface area contributed by atoms with Gasteiger partial charge in [-0.3, -0.25) is 9.59 Å². The zero-order chi connectivity index (χ0) is 15.7. The van der Waals surface area contributed by atoms with E-state index >= 15 is 0 Å². The van der Waals surface area contributed by atoms with Crippen LogP contribution < -0.4 is 0 Å². The van der Waals surface area contributed by atoms with Gasteiger partial charge < -0.3 is 4.74 Å². The third kappa shape index (κ3) is 5.94. The fourth-order valence-electron chi connectivity index (χ4n) is 2.00. The minimum atomic E-state index is -0.421. The van der Waals surface area contributed by atoms with Crippen LogP contribution in [0.25, 0.3) is 6.08 Å². The molecule has 0 bridgehead atoms. The number of aldehydes is 1. The van der Waals surface area contributed by atoms with Gasteiger partial charge in [0, 0.05) is 5.56 Å². The van der Waals surface area contributed by atoms with E-state index in [0.29, 0.717) is 12.2 Å². The number of hydrogen-bond acceptors (Lipinski definition) is 3. The number of carbonyl (C=O) groups is 2. The number of carbonyl (C=O) groups excluding carboxylic acids is 2. The summed E-state index contributed by atoms with van der Waals surface area (Å²) in [5.74, 6) is -0.126. The van der Waals surface area contributed by atoms with Crippen LogP contribution in [0.3, 0.4) is 0 Å². The van der Waals surface area contributed by atoms with Crippen molar-refractivity contribution >= 4 is 18.3 Å². The highest BCUT2D eigenvalue weighted by Crippen LogP contribution is 2.25. The first-order chi connectivity index (χ1) is 9.99. The van der Waals surface area contributed by atoms with Gasteiger partial charge in [0.1, 0.15) is 6.29 Å². The number of unbranched alkanes of at least 4 members (excludes halogenated alkanes) is 1. The Kier molecular flexibility index (Phi) is 6.86. The number of hydrogen-bond donors (Lipinski definition) is 0. The molecule has 3 nitrogen and oxygen atoms in total. The third-order valence-corrected chi connectivity index (χ3v) is 3.38. The van der Waals surface area contributed by atoms with Crippen LogP contribution in [-0.2, 0) is 9.53 Å². The summed E-state index contributed by atoms with van der Waals surface area (Å²) in [5.41, 5.74) is 1.34. The first kappa shape index (κ1) is 17.2. The van der Waals surface area contributed by atoms with E-state index in [2.05, 4.69) is 6.08 Å². The van der Waals surface area contributed by atoms with Gasteiger partial charge in [0.05, 0.1) is 12.0 Å². The van der Waals surface area contributed by atoms with Crippen LogP contribution in [-0.4, -0.2) is 18.9 Å². The van der Waals surface area contributed by atoms with Gasteiger partial charge in [0.2, 0.25) is 0 Å². The van der Waals surface area contributed by atoms with Crippen LogP contribution in [0.15, 0.2) is 30.3 Å². The van der Waals surface area contributed by atoms with Gasteiger partial charge in [0.15, 0.2) is 0 Å². The molecule has 3 heteroatoms. The molecule has 114 valence electrons. The maximum atomic E-state index is 11.7. The van der Waals surface area contributed by atoms with Crippen LogP contribution in [0.2, 0.25) is 0 Å². The molecule has 1 aromatic carbocycles. The topological polar surface area (TPSA) is 43.4 Å². The molecule has 1 aromatic rings. The minimum absolute atomic E-state index is 0.126. The Labute approximate surface area is 127 Å². The standard InChI is InChI=1S/C18H24O3/c1-4-21-17(20)18(2,3)13-7-5-6-8-15-9-11-16(14-19)12-10-15/h6,8-12,14H,4-5,7,13H2,1-3H3/b8-6+. The third-order valence-electron chi connectivity index (χ3n) is 3.38. The molecule has 21 heavy (non-hydrogen) atoms. The summed E-state index contributed by atoms with van der Waals surface area (Å²) in [6, 6.07) is 7.44. The monoisotopic (exact) mass is 288 g/mol. The van der Waals surface area contributed by atoms with Crippen molar-refractivity contribution in [1.29, 1.82) is 0 Å². The molecular weight excluding hydrogens is 264 g/mol. The zero-order valence-electron chi connectivity index (χ0n) is 13.1. The highest BCUT2D eigenvalue weighted by molar-refractivity contribution is 5.76. The molecule has 0 fully saturated rings. The molecule has 0 amide bonds. The molecule has 0 heterocycles. The second-order valence-corrected chi connectivity index (χ2v) is 5.68. The van der Waals surface area contributed by atoms with Crippen molar-refractivity contribution in [1.82, 2.24) is 0 Å². The van der Waals surface area contributed by atoms with E-state index in [1.54, 1.807) is 12.1 Å². The average molecular weight is 288 g/mol. The molecular formula is C18H24O3. The molecule has 0 aliphatic rings. The van der Waals surface area contributed by atoms with Gasteiger partial charge in [-0.15, -0.1) is 0 Å². The Morgan fingerprint density at radius 3 is 2.38 bits per heavy atom. The fourth-order valence-corrected chi connectivity index (χ4v) is 2.00. The van der Waals surface area contributed by atoms with E-state index in [9.17, 15) is 9.59 Å². The van der Waals surface area contributed by atoms with Crippen LogP contribution in [0.5, 0.6) is 0 Å². The molecule has 0 saturated carbocycles. The molecule has 0 aromatic heterocycles.